The summed E-state index contributed by atoms with van der Waals surface area (Å²) in [6.45, 7) is 8.54. The van der Waals surface area contributed by atoms with E-state index in [1.807, 2.05) is 34.6 Å². The van der Waals surface area contributed by atoms with Gasteiger partial charge in [0.15, 0.2) is 5.37 Å². The van der Waals surface area contributed by atoms with Crippen molar-refractivity contribution >= 4 is 40.9 Å². The fraction of sp³-hybridized carbons (Fsp3) is 0.531. The average Bonchev–Trinajstić information content (AvgIpc) is 3.30. The number of rotatable bonds is 13. The summed E-state index contributed by atoms with van der Waals surface area (Å²) in [5.74, 6) is 1.52. The Bertz CT molecular complexity index is 1560. The third kappa shape index (κ3) is 16.8. The van der Waals surface area contributed by atoms with Gasteiger partial charge >= 0.3 is 29.0 Å². The van der Waals surface area contributed by atoms with Crippen molar-refractivity contribution in [2.24, 2.45) is 0 Å². The maximum Gasteiger partial charge on any atom is 0.534 e. The maximum atomic E-state index is 13.0. The second kappa shape index (κ2) is 20.6. The number of nitriles is 1. The summed E-state index contributed by atoms with van der Waals surface area (Å²) in [5, 5.41) is 12.8. The molecule has 0 radical (unpaired) electrons. The Hall–Kier alpha value is -3.64. The minimum Gasteiger partial charge on any atom is -0.435 e. The van der Waals surface area contributed by atoms with Crippen LogP contribution in [0.3, 0.4) is 0 Å². The van der Waals surface area contributed by atoms with E-state index < -0.39 is 39.0 Å². The number of aryl methyl sites for hydroxylation is 1. The van der Waals surface area contributed by atoms with E-state index in [0.717, 1.165) is 23.3 Å². The van der Waals surface area contributed by atoms with Crippen LogP contribution in [0.25, 0.3) is 0 Å². The Morgan fingerprint density at radius 1 is 1.12 bits per heavy atom. The van der Waals surface area contributed by atoms with Gasteiger partial charge < -0.3 is 23.7 Å². The Balaban J connectivity index is 0.000000622. The summed E-state index contributed by atoms with van der Waals surface area (Å²) in [6, 6.07) is 11.3. The highest BCUT2D eigenvalue weighted by molar-refractivity contribution is 8.01. The van der Waals surface area contributed by atoms with E-state index in [-0.39, 0.29) is 42.2 Å². The van der Waals surface area contributed by atoms with Gasteiger partial charge in [-0.25, -0.2) is 10.3 Å². The Morgan fingerprint density at radius 3 is 2.10 bits per heavy atom. The van der Waals surface area contributed by atoms with E-state index in [2.05, 4.69) is 30.4 Å². The molecule has 20 heteroatoms. The lowest BCUT2D eigenvalue weighted by Gasteiger charge is -2.30. The molecule has 2 aromatic rings. The Labute approximate surface area is 305 Å². The molecule has 1 fully saturated rings. The predicted octanol–water partition coefficient (Wildman–Crippen LogP) is 5.49. The van der Waals surface area contributed by atoms with Gasteiger partial charge in [0.2, 0.25) is 6.41 Å². The number of carbonyl (C=O) groups excluding carboxylic acids is 2. The van der Waals surface area contributed by atoms with E-state index in [1.54, 1.807) is 38.3 Å². The zero-order valence-electron chi connectivity index (χ0n) is 30.0. The summed E-state index contributed by atoms with van der Waals surface area (Å²) in [4.78, 5) is 24.1. The van der Waals surface area contributed by atoms with Crippen LogP contribution in [0.5, 0.6) is 11.5 Å². The van der Waals surface area contributed by atoms with E-state index in [9.17, 15) is 45.2 Å². The number of hydrogen-bond donors (Lipinski definition) is 2. The van der Waals surface area contributed by atoms with Crippen molar-refractivity contribution in [2.75, 3.05) is 20.8 Å². The number of methoxy groups -OCH3 is 1. The number of halogens is 5. The molecule has 0 spiro atoms. The van der Waals surface area contributed by atoms with E-state index in [1.165, 1.54) is 36.0 Å². The van der Waals surface area contributed by atoms with Crippen LogP contribution in [0.1, 0.15) is 45.7 Å². The summed E-state index contributed by atoms with van der Waals surface area (Å²) < 4.78 is 99.9. The highest BCUT2D eigenvalue weighted by Gasteiger charge is 2.48. The molecule has 0 aromatic heterocycles. The second-order valence-electron chi connectivity index (χ2n) is 12.7. The van der Waals surface area contributed by atoms with Gasteiger partial charge in [-0.3, -0.25) is 15.0 Å². The molecular formula is C32H44BF5N4O8S2. The van der Waals surface area contributed by atoms with Crippen molar-refractivity contribution in [1.82, 2.24) is 15.8 Å². The number of amides is 2. The molecule has 1 aliphatic rings. The van der Waals surface area contributed by atoms with Gasteiger partial charge in [0.25, 0.3) is 5.91 Å². The normalized spacial score (nSPS) is 16.0. The van der Waals surface area contributed by atoms with E-state index >= 15 is 0 Å². The molecule has 52 heavy (non-hydrogen) atoms. The fourth-order valence-corrected chi connectivity index (χ4v) is 5.83. The molecule has 0 saturated carbocycles. The number of nitrogens with one attached hydrogen (secondary N) is 2. The molecule has 2 unspecified atom stereocenters. The molecule has 0 aliphatic carbocycles. The van der Waals surface area contributed by atoms with Crippen LogP contribution in [-0.4, -0.2) is 87.1 Å². The topological polar surface area (TPSA) is 156 Å². The van der Waals surface area contributed by atoms with Crippen LogP contribution >= 0.6 is 11.8 Å². The molecule has 2 amide bonds. The molecule has 3 rings (SSSR count). The maximum absolute atomic E-state index is 13.0. The molecule has 2 N–H and O–H groups in total. The Kier molecular flexibility index (Phi) is 18.3. The van der Waals surface area contributed by atoms with Gasteiger partial charge in [0, 0.05) is 38.0 Å². The first-order valence-corrected chi connectivity index (χ1v) is 17.8. The number of hydrogen-bond acceptors (Lipinski definition) is 11. The molecule has 2 atom stereocenters. The zero-order valence-corrected chi connectivity index (χ0v) is 31.6. The second-order valence-corrected chi connectivity index (χ2v) is 16.2. The van der Waals surface area contributed by atoms with Gasteiger partial charge in [0.1, 0.15) is 11.5 Å². The lowest BCUT2D eigenvalue weighted by atomic mass is 9.40. The van der Waals surface area contributed by atoms with Gasteiger partial charge in [-0.15, -0.1) is 11.8 Å². The van der Waals surface area contributed by atoms with Crippen LogP contribution < -0.4 is 19.7 Å². The van der Waals surface area contributed by atoms with Gasteiger partial charge in [-0.2, -0.15) is 30.4 Å². The monoisotopic (exact) mass is 782 g/mol. The first-order chi connectivity index (χ1) is 24.0. The van der Waals surface area contributed by atoms with Crippen LogP contribution in [0.15, 0.2) is 48.5 Å². The van der Waals surface area contributed by atoms with Crippen LogP contribution in [0.2, 0.25) is 6.32 Å². The SMILES string of the molecule is CC(C)(C)SC(NC=O)C(=O)NN(Cc1ccc(OC(F)F)cc1)CC1CB(C#N)C(C)(C)O1.COC.Cc1ccc(OS(=O)(=O)C(F)(F)F)cc1. The third-order valence-corrected chi connectivity index (χ3v) is 8.89. The first-order valence-electron chi connectivity index (χ1n) is 15.5. The number of carbonyl (C=O) groups is 2. The highest BCUT2D eigenvalue weighted by Crippen LogP contribution is 2.31. The fourth-order valence-electron chi connectivity index (χ4n) is 4.38. The molecule has 1 saturated heterocycles. The number of hydrazine groups is 1. The number of thioether (sulfide) groups is 1. The quantitative estimate of drug-likeness (QED) is 0.0505. The van der Waals surface area contributed by atoms with Gasteiger partial charge in [-0.1, -0.05) is 50.6 Å². The lowest BCUT2D eigenvalue weighted by Crippen LogP contribution is -2.52. The summed E-state index contributed by atoms with van der Waals surface area (Å²) in [6.07, 6.45) is 0.674. The summed E-state index contributed by atoms with van der Waals surface area (Å²) >= 11 is 1.29. The summed E-state index contributed by atoms with van der Waals surface area (Å²) in [7, 11) is -2.31. The highest BCUT2D eigenvalue weighted by atomic mass is 32.2. The van der Waals surface area contributed by atoms with Crippen molar-refractivity contribution in [1.29, 1.82) is 5.26 Å². The van der Waals surface area contributed by atoms with Crippen molar-refractivity contribution < 1.29 is 58.4 Å². The van der Waals surface area contributed by atoms with Crippen molar-refractivity contribution in [2.45, 2.75) is 88.3 Å². The average molecular weight is 783 g/mol. The molecule has 0 bridgehead atoms. The first kappa shape index (κ1) is 46.4. The predicted molar refractivity (Wildman–Crippen MR) is 187 cm³/mol. The minimum absolute atomic E-state index is 0.0314. The summed E-state index contributed by atoms with van der Waals surface area (Å²) in [5.41, 5.74) is -1.66. The molecule has 1 aliphatic heterocycles. The Morgan fingerprint density at radius 2 is 1.65 bits per heavy atom. The van der Waals surface area contributed by atoms with Gasteiger partial charge in [-0.05, 0) is 56.9 Å². The minimum atomic E-state index is -5.56. The van der Waals surface area contributed by atoms with E-state index in [0.29, 0.717) is 12.7 Å². The lowest BCUT2D eigenvalue weighted by molar-refractivity contribution is -0.128. The van der Waals surface area contributed by atoms with Crippen molar-refractivity contribution in [3.05, 3.63) is 59.7 Å². The molecular weight excluding hydrogens is 738 g/mol. The van der Waals surface area contributed by atoms with Gasteiger partial charge in [0.05, 0.1) is 11.6 Å². The smallest absolute Gasteiger partial charge is 0.435 e. The van der Waals surface area contributed by atoms with Crippen LogP contribution in [0.4, 0.5) is 22.0 Å². The number of benzene rings is 2. The standard InChI is InChI=1S/C22H31BF2N4O4S.C8H7F3O3S.C2H6O/c1-21(2,3)34-19(27-14-30)18(31)28-29(12-17-10-23(13-26)22(4,5)33-17)11-15-6-8-16(9-7-15)32-20(24)25;1-6-2-4-7(5-3-6)14-15(12,13)8(9,10)11;1-3-2/h6-9,14,17,19-20H,10-12H2,1-5H3,(H,27,30)(H,28,31);2-5H,1H3;1-2H3. The number of alkyl halides is 5. The largest absolute Gasteiger partial charge is 0.534 e. The number of ether oxygens (including phenoxy) is 3. The molecule has 1 heterocycles. The zero-order chi connectivity index (χ0) is 39.9. The number of nitrogens with zero attached hydrogens (tertiary/aromatic N) is 2. The molecule has 12 nitrogen and oxygen atoms in total. The van der Waals surface area contributed by atoms with Crippen LogP contribution in [-0.2, 0) is 35.7 Å². The van der Waals surface area contributed by atoms with Crippen molar-refractivity contribution in [3.63, 3.8) is 0 Å². The van der Waals surface area contributed by atoms with Crippen molar-refractivity contribution in [3.8, 4) is 17.5 Å². The van der Waals surface area contributed by atoms with Crippen LogP contribution in [0, 0.1) is 18.2 Å². The molecule has 290 valence electrons. The molecule has 2 aromatic carbocycles. The third-order valence-electron chi connectivity index (χ3n) is 6.62. The van der Waals surface area contributed by atoms with E-state index in [4.69, 9.17) is 4.74 Å².